The Balaban J connectivity index is 1.61. The monoisotopic (exact) mass is 428 g/mol. The average molecular weight is 429 g/mol. The summed E-state index contributed by atoms with van der Waals surface area (Å²) < 4.78 is 12.0. The smallest absolute Gasteiger partial charge is 0.340 e. The summed E-state index contributed by atoms with van der Waals surface area (Å²) >= 11 is 6.06. The van der Waals surface area contributed by atoms with E-state index >= 15 is 0 Å². The van der Waals surface area contributed by atoms with Crippen molar-refractivity contribution in [2.45, 2.75) is 20.8 Å². The number of amides is 1. The molecule has 156 valence electrons. The molecule has 0 atom stereocenters. The minimum absolute atomic E-state index is 0.230. The fourth-order valence-corrected chi connectivity index (χ4v) is 2.98. The molecule has 0 bridgehead atoms. The number of halogens is 1. The van der Waals surface area contributed by atoms with E-state index in [1.54, 1.807) is 35.9 Å². The first-order valence-electron chi connectivity index (χ1n) is 9.09. The molecule has 1 N–H and O–H groups in total. The van der Waals surface area contributed by atoms with Crippen molar-refractivity contribution >= 4 is 29.2 Å². The number of pyridine rings is 1. The van der Waals surface area contributed by atoms with Crippen molar-refractivity contribution in [3.8, 4) is 11.6 Å². The second-order valence-electron chi connectivity index (χ2n) is 6.67. The molecule has 3 rings (SSSR count). The summed E-state index contributed by atoms with van der Waals surface area (Å²) in [5.74, 6) is -0.165. The van der Waals surface area contributed by atoms with Crippen molar-refractivity contribution in [1.82, 2.24) is 14.8 Å². The number of rotatable bonds is 6. The summed E-state index contributed by atoms with van der Waals surface area (Å²) in [4.78, 5) is 28.7. The van der Waals surface area contributed by atoms with Crippen molar-refractivity contribution in [2.75, 3.05) is 19.0 Å². The zero-order chi connectivity index (χ0) is 21.8. The van der Waals surface area contributed by atoms with E-state index in [1.807, 2.05) is 19.9 Å². The van der Waals surface area contributed by atoms with E-state index in [0.29, 0.717) is 22.3 Å². The highest BCUT2D eigenvalue weighted by atomic mass is 35.5. The van der Waals surface area contributed by atoms with Crippen LogP contribution >= 0.6 is 11.6 Å². The Morgan fingerprint density at radius 3 is 2.53 bits per heavy atom. The summed E-state index contributed by atoms with van der Waals surface area (Å²) in [7, 11) is 1.47. The van der Waals surface area contributed by atoms with Crippen molar-refractivity contribution in [2.24, 2.45) is 0 Å². The number of ether oxygens (including phenoxy) is 2. The second kappa shape index (κ2) is 8.96. The molecule has 9 heteroatoms. The largest absolute Gasteiger partial charge is 0.495 e. The van der Waals surface area contributed by atoms with Gasteiger partial charge >= 0.3 is 5.97 Å². The van der Waals surface area contributed by atoms with Gasteiger partial charge in [0.2, 0.25) is 0 Å². The first-order valence-corrected chi connectivity index (χ1v) is 9.47. The molecule has 1 aromatic carbocycles. The van der Waals surface area contributed by atoms with Crippen molar-refractivity contribution in [3.05, 3.63) is 64.1 Å². The van der Waals surface area contributed by atoms with Crippen LogP contribution in [0.25, 0.3) is 5.82 Å². The molecule has 0 unspecified atom stereocenters. The van der Waals surface area contributed by atoms with Crippen molar-refractivity contribution < 1.29 is 19.1 Å². The van der Waals surface area contributed by atoms with Gasteiger partial charge in [-0.15, -0.1) is 0 Å². The summed E-state index contributed by atoms with van der Waals surface area (Å²) in [6, 6.07) is 8.46. The molecule has 0 saturated heterocycles. The Bertz CT molecular complexity index is 1090. The molecule has 0 saturated carbocycles. The van der Waals surface area contributed by atoms with Crippen LogP contribution in [-0.2, 0) is 9.53 Å². The van der Waals surface area contributed by atoms with E-state index < -0.39 is 18.5 Å². The normalized spacial score (nSPS) is 10.6. The number of aryl methyl sites for hydroxylation is 3. The third-order valence-electron chi connectivity index (χ3n) is 4.30. The van der Waals surface area contributed by atoms with Gasteiger partial charge in [-0.25, -0.2) is 14.5 Å². The van der Waals surface area contributed by atoms with E-state index in [2.05, 4.69) is 15.4 Å². The first-order chi connectivity index (χ1) is 14.3. The number of aromatic nitrogens is 3. The molecular weight excluding hydrogens is 408 g/mol. The highest BCUT2D eigenvalue weighted by Gasteiger charge is 2.14. The van der Waals surface area contributed by atoms with Crippen LogP contribution in [0.5, 0.6) is 5.75 Å². The second-order valence-corrected chi connectivity index (χ2v) is 7.08. The van der Waals surface area contributed by atoms with Crippen molar-refractivity contribution in [1.29, 1.82) is 0 Å². The van der Waals surface area contributed by atoms with Gasteiger partial charge in [-0.2, -0.15) is 5.10 Å². The molecule has 0 aliphatic heterocycles. The highest BCUT2D eigenvalue weighted by molar-refractivity contribution is 6.31. The SMILES string of the molecule is COc1cc(Cl)c(C)cc1NC(=O)COC(=O)c1ccc(-n2nc(C)cc2C)nc1. The lowest BCUT2D eigenvalue weighted by Crippen LogP contribution is -2.21. The zero-order valence-corrected chi connectivity index (χ0v) is 17.8. The number of carbonyl (C=O) groups excluding carboxylic acids is 2. The topological polar surface area (TPSA) is 95.3 Å². The lowest BCUT2D eigenvalue weighted by molar-refractivity contribution is -0.119. The molecule has 1 amide bonds. The van der Waals surface area contributed by atoms with E-state index in [0.717, 1.165) is 17.0 Å². The van der Waals surface area contributed by atoms with Crippen LogP contribution in [0, 0.1) is 20.8 Å². The van der Waals surface area contributed by atoms with Gasteiger partial charge in [-0.3, -0.25) is 4.79 Å². The van der Waals surface area contributed by atoms with Crippen LogP contribution in [-0.4, -0.2) is 40.4 Å². The maximum absolute atomic E-state index is 12.2. The molecule has 0 fully saturated rings. The van der Waals surface area contributed by atoms with Gasteiger partial charge in [0.25, 0.3) is 5.91 Å². The highest BCUT2D eigenvalue weighted by Crippen LogP contribution is 2.30. The zero-order valence-electron chi connectivity index (χ0n) is 17.0. The third-order valence-corrected chi connectivity index (χ3v) is 4.71. The van der Waals surface area contributed by atoms with Crippen LogP contribution in [0.4, 0.5) is 5.69 Å². The van der Waals surface area contributed by atoms with Crippen LogP contribution in [0.2, 0.25) is 5.02 Å². The minimum Gasteiger partial charge on any atom is -0.495 e. The number of hydrogen-bond acceptors (Lipinski definition) is 6. The molecule has 0 aliphatic rings. The average Bonchev–Trinajstić information content (AvgIpc) is 3.06. The van der Waals surface area contributed by atoms with Crippen molar-refractivity contribution in [3.63, 3.8) is 0 Å². The lowest BCUT2D eigenvalue weighted by atomic mass is 10.2. The van der Waals surface area contributed by atoms with E-state index in [9.17, 15) is 9.59 Å². The van der Waals surface area contributed by atoms with Gasteiger partial charge in [-0.1, -0.05) is 11.6 Å². The maximum atomic E-state index is 12.2. The van der Waals surface area contributed by atoms with Gasteiger partial charge in [0, 0.05) is 23.0 Å². The van der Waals surface area contributed by atoms with E-state index in [4.69, 9.17) is 21.1 Å². The Kier molecular flexibility index (Phi) is 6.37. The molecule has 0 spiro atoms. The summed E-state index contributed by atoms with van der Waals surface area (Å²) in [6.45, 7) is 5.16. The Morgan fingerprint density at radius 1 is 1.17 bits per heavy atom. The fraction of sp³-hybridized carbons (Fsp3) is 0.238. The number of nitrogens with one attached hydrogen (secondary N) is 1. The summed E-state index contributed by atoms with van der Waals surface area (Å²) in [5, 5.41) is 7.52. The summed E-state index contributed by atoms with van der Waals surface area (Å²) in [6.07, 6.45) is 1.39. The number of esters is 1. The Hall–Kier alpha value is -3.39. The molecule has 0 radical (unpaired) electrons. The number of hydrogen-bond donors (Lipinski definition) is 1. The maximum Gasteiger partial charge on any atom is 0.340 e. The van der Waals surface area contributed by atoms with Gasteiger partial charge in [0.1, 0.15) is 5.75 Å². The first kappa shape index (κ1) is 21.3. The number of methoxy groups -OCH3 is 1. The Labute approximate surface area is 178 Å². The van der Waals surface area contributed by atoms with Crippen LogP contribution < -0.4 is 10.1 Å². The molecule has 8 nitrogen and oxygen atoms in total. The van der Waals surface area contributed by atoms with Gasteiger partial charge in [-0.05, 0) is 50.6 Å². The molecule has 2 aromatic heterocycles. The fourth-order valence-electron chi connectivity index (χ4n) is 2.82. The lowest BCUT2D eigenvalue weighted by Gasteiger charge is -2.12. The van der Waals surface area contributed by atoms with E-state index in [1.165, 1.54) is 13.3 Å². The quantitative estimate of drug-likeness (QED) is 0.602. The molecule has 2 heterocycles. The molecule has 30 heavy (non-hydrogen) atoms. The third kappa shape index (κ3) is 4.77. The predicted molar refractivity (Wildman–Crippen MR) is 112 cm³/mol. The van der Waals surface area contributed by atoms with Gasteiger partial charge in [0.15, 0.2) is 12.4 Å². The van der Waals surface area contributed by atoms with Crippen LogP contribution in [0.3, 0.4) is 0 Å². The van der Waals surface area contributed by atoms with Crippen LogP contribution in [0.1, 0.15) is 27.3 Å². The number of benzene rings is 1. The molecule has 0 aliphatic carbocycles. The predicted octanol–water partition coefficient (Wildman–Crippen LogP) is 3.65. The number of anilines is 1. The standard InChI is InChI=1S/C21H21ClN4O4/c1-12-7-17(18(29-4)9-16(12)22)24-20(27)11-30-21(28)15-5-6-19(23-10-15)26-14(3)8-13(2)25-26/h5-10H,11H2,1-4H3,(H,24,27). The van der Waals surface area contributed by atoms with Gasteiger partial charge < -0.3 is 14.8 Å². The van der Waals surface area contributed by atoms with Gasteiger partial charge in [0.05, 0.1) is 24.1 Å². The number of nitrogens with zero attached hydrogens (tertiary/aromatic N) is 3. The Morgan fingerprint density at radius 2 is 1.93 bits per heavy atom. The van der Waals surface area contributed by atoms with E-state index in [-0.39, 0.29) is 5.56 Å². The molecule has 3 aromatic rings. The minimum atomic E-state index is -0.656. The van der Waals surface area contributed by atoms with Crippen LogP contribution in [0.15, 0.2) is 36.5 Å². The molecular formula is C21H21ClN4O4. The number of carbonyl (C=O) groups is 2. The summed E-state index contributed by atoms with van der Waals surface area (Å²) in [5.41, 5.74) is 3.25.